The maximum atomic E-state index is 3.93. The second-order valence-electron chi connectivity index (χ2n) is 3.28. The summed E-state index contributed by atoms with van der Waals surface area (Å²) in [5, 5.41) is 3.59. The number of fused-ring (bicyclic) bond motifs is 4. The zero-order valence-electron chi connectivity index (χ0n) is 6.11. The molecule has 3 heteroatoms. The second kappa shape index (κ2) is 2.68. The fraction of sp³-hybridized carbons (Fsp3) is 1.00. The van der Waals surface area contributed by atoms with E-state index in [2.05, 4.69) is 20.1 Å². The van der Waals surface area contributed by atoms with Crippen LogP contribution in [-0.4, -0.2) is 29.8 Å². The monoisotopic (exact) mass is 223 g/mol. The van der Waals surface area contributed by atoms with E-state index in [9.17, 15) is 0 Å². The van der Waals surface area contributed by atoms with Crippen molar-refractivity contribution in [2.24, 2.45) is 0 Å². The Morgan fingerprint density at radius 3 is 2.60 bits per heavy atom. The molecule has 2 bridgehead atoms. The Morgan fingerprint density at radius 1 is 1.20 bits per heavy atom. The van der Waals surface area contributed by atoms with Crippen LogP contribution in [-0.2, 0) is 0 Å². The molecule has 1 N–H and O–H groups in total. The van der Waals surface area contributed by atoms with Gasteiger partial charge in [0, 0.05) is 12.6 Å². The molecule has 3 aliphatic rings. The predicted molar refractivity (Wildman–Crippen MR) is 52.1 cm³/mol. The quantitative estimate of drug-likeness (QED) is 0.662. The van der Waals surface area contributed by atoms with Crippen molar-refractivity contribution in [2.75, 3.05) is 23.8 Å². The van der Waals surface area contributed by atoms with E-state index >= 15 is 0 Å². The topological polar surface area (TPSA) is 12.0 Å². The normalized spacial score (nSPS) is 53.5. The van der Waals surface area contributed by atoms with Crippen LogP contribution in [0.5, 0.6) is 0 Å². The van der Waals surface area contributed by atoms with Crippen LogP contribution in [0.3, 0.4) is 0 Å². The molecule has 3 aliphatic heterocycles. The van der Waals surface area contributed by atoms with Crippen molar-refractivity contribution in [1.82, 2.24) is 5.32 Å². The van der Waals surface area contributed by atoms with Crippen molar-refractivity contribution >= 4 is 23.3 Å². The molecule has 0 aromatic rings. The van der Waals surface area contributed by atoms with Crippen LogP contribution >= 0.6 is 23.3 Å². The molecule has 0 atom stereocenters. The lowest BCUT2D eigenvalue weighted by Crippen LogP contribution is -2.30. The van der Waals surface area contributed by atoms with Gasteiger partial charge >= 0.3 is 0 Å². The van der Waals surface area contributed by atoms with Gasteiger partial charge in [0.1, 0.15) is 0 Å². The molecule has 3 fully saturated rings. The first kappa shape index (κ1) is 7.44. The Morgan fingerprint density at radius 2 is 1.90 bits per heavy atom. The molecular weight excluding hydrogens is 210 g/mol. The SMILES string of the molecule is BrS12CCNC(CC1)CC2. The van der Waals surface area contributed by atoms with Crippen molar-refractivity contribution < 1.29 is 0 Å². The Hall–Kier alpha value is 0.790. The van der Waals surface area contributed by atoms with Crippen molar-refractivity contribution in [3.8, 4) is 0 Å². The molecule has 10 heavy (non-hydrogen) atoms. The number of rotatable bonds is 0. The van der Waals surface area contributed by atoms with Gasteiger partial charge in [0.05, 0.1) is 0 Å². The van der Waals surface area contributed by atoms with E-state index in [1.165, 1.54) is 36.6 Å². The second-order valence-corrected chi connectivity index (χ2v) is 10.5. The average Bonchev–Trinajstić information content (AvgIpc) is 2.19. The van der Waals surface area contributed by atoms with Gasteiger partial charge in [0.25, 0.3) is 0 Å². The molecule has 0 saturated carbocycles. The maximum absolute atomic E-state index is 3.93. The van der Waals surface area contributed by atoms with Gasteiger partial charge in [-0.1, -0.05) is 0 Å². The summed E-state index contributed by atoms with van der Waals surface area (Å²) in [7, 11) is -0.299. The van der Waals surface area contributed by atoms with E-state index in [1.807, 2.05) is 0 Å². The molecule has 0 aromatic carbocycles. The molecule has 3 rings (SSSR count). The molecule has 0 amide bonds. The van der Waals surface area contributed by atoms with Gasteiger partial charge in [-0.15, -0.1) is 0 Å². The van der Waals surface area contributed by atoms with Crippen LogP contribution in [0.2, 0.25) is 0 Å². The van der Waals surface area contributed by atoms with Gasteiger partial charge in [-0.25, -0.2) is 0 Å². The molecule has 60 valence electrons. The van der Waals surface area contributed by atoms with E-state index in [0.29, 0.717) is 0 Å². The minimum Gasteiger partial charge on any atom is -0.313 e. The molecule has 3 saturated heterocycles. The van der Waals surface area contributed by atoms with E-state index in [4.69, 9.17) is 0 Å². The highest BCUT2D eigenvalue weighted by atomic mass is 79.9. The molecule has 3 heterocycles. The lowest BCUT2D eigenvalue weighted by molar-refractivity contribution is 0.511. The zero-order valence-corrected chi connectivity index (χ0v) is 8.51. The third-order valence-electron chi connectivity index (χ3n) is 2.57. The van der Waals surface area contributed by atoms with E-state index in [0.717, 1.165) is 6.04 Å². The minimum absolute atomic E-state index is 0.299. The molecule has 0 unspecified atom stereocenters. The van der Waals surface area contributed by atoms with Crippen LogP contribution < -0.4 is 5.32 Å². The highest BCUT2D eigenvalue weighted by molar-refractivity contribution is 9.58. The Kier molecular flexibility index (Phi) is 2.00. The molecule has 0 spiro atoms. The first-order chi connectivity index (χ1) is 4.79. The van der Waals surface area contributed by atoms with E-state index in [1.54, 1.807) is 0 Å². The fourth-order valence-corrected chi connectivity index (χ4v) is 5.92. The molecular formula is C7H14BrNS. The van der Waals surface area contributed by atoms with Crippen LogP contribution in [0.15, 0.2) is 0 Å². The van der Waals surface area contributed by atoms with Crippen molar-refractivity contribution in [3.05, 3.63) is 0 Å². The molecule has 1 nitrogen and oxygen atoms in total. The standard InChI is InChI=1S/C7H14BrNS/c8-10-4-1-7(2-5-10)9-3-6-10/h7,9H,1-6H2. The zero-order chi connectivity index (χ0) is 7.03. The van der Waals surface area contributed by atoms with Gasteiger partial charge in [-0.3, -0.25) is 0 Å². The Bertz CT molecular complexity index is 126. The summed E-state index contributed by atoms with van der Waals surface area (Å²) in [6.45, 7) is 1.26. The summed E-state index contributed by atoms with van der Waals surface area (Å²) in [5.41, 5.74) is 0. The maximum Gasteiger partial charge on any atom is 0.00825 e. The van der Waals surface area contributed by atoms with Gasteiger partial charge in [-0.2, -0.15) is 8.46 Å². The number of halogens is 1. The summed E-state index contributed by atoms with van der Waals surface area (Å²) in [4.78, 5) is 0. The number of nitrogens with one attached hydrogen (secondary N) is 1. The molecule has 0 aliphatic carbocycles. The van der Waals surface area contributed by atoms with Gasteiger partial charge in [-0.05, 0) is 44.9 Å². The number of hydrogen-bond acceptors (Lipinski definition) is 1. The summed E-state index contributed by atoms with van der Waals surface area (Å²) in [6.07, 6.45) is 2.83. The van der Waals surface area contributed by atoms with E-state index < -0.39 is 0 Å². The number of hydrogen-bond donors (Lipinski definition) is 1. The van der Waals surface area contributed by atoms with Crippen molar-refractivity contribution in [1.29, 1.82) is 0 Å². The Balaban J connectivity index is 2.11. The van der Waals surface area contributed by atoms with Gasteiger partial charge < -0.3 is 5.32 Å². The van der Waals surface area contributed by atoms with Crippen LogP contribution in [0.25, 0.3) is 0 Å². The Labute approximate surface area is 71.5 Å². The summed E-state index contributed by atoms with van der Waals surface area (Å²) in [5.74, 6) is 4.33. The first-order valence-corrected chi connectivity index (χ1v) is 7.96. The highest BCUT2D eigenvalue weighted by Gasteiger charge is 2.31. The van der Waals surface area contributed by atoms with Crippen molar-refractivity contribution in [2.45, 2.75) is 18.9 Å². The van der Waals surface area contributed by atoms with Gasteiger partial charge in [0.2, 0.25) is 0 Å². The average molecular weight is 224 g/mol. The van der Waals surface area contributed by atoms with Crippen LogP contribution in [0.1, 0.15) is 12.8 Å². The van der Waals surface area contributed by atoms with E-state index in [-0.39, 0.29) is 8.46 Å². The first-order valence-electron chi connectivity index (χ1n) is 3.98. The van der Waals surface area contributed by atoms with Crippen molar-refractivity contribution in [3.63, 3.8) is 0 Å². The van der Waals surface area contributed by atoms with Crippen LogP contribution in [0.4, 0.5) is 0 Å². The summed E-state index contributed by atoms with van der Waals surface area (Å²) in [6, 6.07) is 0.862. The fourth-order valence-electron chi connectivity index (χ4n) is 1.81. The lowest BCUT2D eigenvalue weighted by atomic mass is 10.2. The highest BCUT2D eigenvalue weighted by Crippen LogP contribution is 2.59. The third-order valence-corrected chi connectivity index (χ3v) is 8.35. The molecule has 0 aromatic heterocycles. The summed E-state index contributed by atoms with van der Waals surface area (Å²) >= 11 is 3.93. The van der Waals surface area contributed by atoms with Gasteiger partial charge in [0.15, 0.2) is 0 Å². The smallest absolute Gasteiger partial charge is 0.00825 e. The summed E-state index contributed by atoms with van der Waals surface area (Å²) < 4.78 is 0. The largest absolute Gasteiger partial charge is 0.313 e. The minimum atomic E-state index is -0.299. The predicted octanol–water partition coefficient (Wildman–Crippen LogP) is 1.87. The third kappa shape index (κ3) is 1.36. The van der Waals surface area contributed by atoms with Crippen LogP contribution in [0, 0.1) is 0 Å². The molecule has 0 radical (unpaired) electrons. The lowest BCUT2D eigenvalue weighted by Gasteiger charge is -2.35.